The molecule has 18 heavy (non-hydrogen) atoms. The maximum Gasteiger partial charge on any atom is 0.406 e. The molecule has 0 unspecified atom stereocenters. The number of anilines is 1. The zero-order valence-electron chi connectivity index (χ0n) is 9.44. The van der Waals surface area contributed by atoms with Crippen molar-refractivity contribution in [1.29, 1.82) is 0 Å². The molecule has 1 heterocycles. The summed E-state index contributed by atoms with van der Waals surface area (Å²) < 4.78 is 42.5. The van der Waals surface area contributed by atoms with Gasteiger partial charge in [-0.1, -0.05) is 12.1 Å². The Morgan fingerprint density at radius 2 is 2.00 bits per heavy atom. The van der Waals surface area contributed by atoms with Gasteiger partial charge in [-0.2, -0.15) is 18.2 Å². The molecule has 1 aromatic carbocycles. The van der Waals surface area contributed by atoms with Gasteiger partial charge in [-0.3, -0.25) is 0 Å². The summed E-state index contributed by atoms with van der Waals surface area (Å²) in [5, 5.41) is 0. The first kappa shape index (κ1) is 12.7. The van der Waals surface area contributed by atoms with Gasteiger partial charge in [0.2, 0.25) is 0 Å². The van der Waals surface area contributed by atoms with Gasteiger partial charge in [-0.15, -0.1) is 0 Å². The van der Waals surface area contributed by atoms with Crippen molar-refractivity contribution in [1.82, 2.24) is 4.98 Å². The van der Waals surface area contributed by atoms with Crippen LogP contribution in [0.5, 0.6) is 0 Å². The van der Waals surface area contributed by atoms with Gasteiger partial charge < -0.3 is 15.1 Å². The second kappa shape index (κ2) is 4.85. The van der Waals surface area contributed by atoms with Crippen molar-refractivity contribution in [2.45, 2.75) is 6.18 Å². The molecule has 7 heteroatoms. The fourth-order valence-corrected chi connectivity index (χ4v) is 1.61. The number of aromatic nitrogens is 1. The first-order valence-corrected chi connectivity index (χ1v) is 5.37. The molecule has 1 aromatic heterocycles. The van der Waals surface area contributed by atoms with E-state index in [0.717, 1.165) is 4.90 Å². The van der Waals surface area contributed by atoms with Crippen LogP contribution < -0.4 is 10.6 Å². The number of hydrogen-bond donors (Lipinski definition) is 1. The van der Waals surface area contributed by atoms with Crippen LogP contribution in [-0.4, -0.2) is 30.8 Å². The molecule has 0 saturated carbocycles. The molecule has 0 aliphatic carbocycles. The van der Waals surface area contributed by atoms with Crippen molar-refractivity contribution in [2.75, 3.05) is 24.5 Å². The smallest absolute Gasteiger partial charge is 0.406 e. The number of benzene rings is 1. The topological polar surface area (TPSA) is 55.3 Å². The van der Waals surface area contributed by atoms with E-state index in [2.05, 4.69) is 4.98 Å². The molecule has 0 aliphatic heterocycles. The number of oxazole rings is 1. The average molecular weight is 259 g/mol. The standard InChI is InChI=1S/C11H12F3N3O/c12-11(13,14)7-17(6-5-15)10-16-8-3-1-2-4-9(8)18-10/h1-4H,5-7,15H2. The summed E-state index contributed by atoms with van der Waals surface area (Å²) in [4.78, 5) is 5.01. The third-order valence-corrected chi connectivity index (χ3v) is 2.32. The van der Waals surface area contributed by atoms with Gasteiger partial charge in [0.15, 0.2) is 5.58 Å². The highest BCUT2D eigenvalue weighted by Gasteiger charge is 2.32. The Bertz CT molecular complexity index is 490. The summed E-state index contributed by atoms with van der Waals surface area (Å²) in [6.45, 7) is -1.00. The molecule has 0 aliphatic rings. The number of alkyl halides is 3. The van der Waals surface area contributed by atoms with Crippen LogP contribution >= 0.6 is 0 Å². The Balaban J connectivity index is 2.29. The minimum atomic E-state index is -4.32. The van der Waals surface area contributed by atoms with Gasteiger partial charge in [-0.05, 0) is 12.1 Å². The number of halogens is 3. The molecule has 98 valence electrons. The Kier molecular flexibility index (Phi) is 3.42. The number of para-hydroxylation sites is 2. The normalized spacial score (nSPS) is 12.0. The fraction of sp³-hybridized carbons (Fsp3) is 0.364. The van der Waals surface area contributed by atoms with Crippen LogP contribution in [0.15, 0.2) is 28.7 Å². The lowest BCUT2D eigenvalue weighted by atomic mass is 10.3. The van der Waals surface area contributed by atoms with Crippen molar-refractivity contribution in [2.24, 2.45) is 5.73 Å². The first-order chi connectivity index (χ1) is 8.49. The Labute approximate surface area is 101 Å². The molecule has 0 fully saturated rings. The van der Waals surface area contributed by atoms with E-state index in [4.69, 9.17) is 10.2 Å². The van der Waals surface area contributed by atoms with Crippen LogP contribution in [0.1, 0.15) is 0 Å². The molecular weight excluding hydrogens is 247 g/mol. The van der Waals surface area contributed by atoms with Crippen LogP contribution in [0.4, 0.5) is 19.2 Å². The molecule has 0 radical (unpaired) electrons. The van der Waals surface area contributed by atoms with Gasteiger partial charge >= 0.3 is 6.18 Å². The molecule has 0 saturated heterocycles. The van der Waals surface area contributed by atoms with Gasteiger partial charge in [0.25, 0.3) is 6.01 Å². The number of nitrogens with zero attached hydrogens (tertiary/aromatic N) is 2. The van der Waals surface area contributed by atoms with Crippen LogP contribution in [0, 0.1) is 0 Å². The Morgan fingerprint density at radius 3 is 2.61 bits per heavy atom. The quantitative estimate of drug-likeness (QED) is 0.914. The number of fused-ring (bicyclic) bond motifs is 1. The zero-order chi connectivity index (χ0) is 13.2. The second-order valence-corrected chi connectivity index (χ2v) is 3.79. The Morgan fingerprint density at radius 1 is 1.28 bits per heavy atom. The maximum atomic E-state index is 12.4. The summed E-state index contributed by atoms with van der Waals surface area (Å²) in [5.41, 5.74) is 6.28. The average Bonchev–Trinajstić information content (AvgIpc) is 2.70. The zero-order valence-corrected chi connectivity index (χ0v) is 9.44. The molecule has 0 amide bonds. The molecule has 0 spiro atoms. The predicted molar refractivity (Wildman–Crippen MR) is 61.3 cm³/mol. The van der Waals surface area contributed by atoms with E-state index in [1.165, 1.54) is 0 Å². The minimum Gasteiger partial charge on any atom is -0.423 e. The first-order valence-electron chi connectivity index (χ1n) is 5.37. The van der Waals surface area contributed by atoms with E-state index in [0.29, 0.717) is 11.1 Å². The van der Waals surface area contributed by atoms with E-state index < -0.39 is 12.7 Å². The molecule has 2 aromatic rings. The third kappa shape index (κ3) is 2.92. The molecule has 2 rings (SSSR count). The van der Waals surface area contributed by atoms with E-state index in [1.807, 2.05) is 0 Å². The van der Waals surface area contributed by atoms with Crippen LogP contribution in [0.3, 0.4) is 0 Å². The maximum absolute atomic E-state index is 12.4. The highest BCUT2D eigenvalue weighted by Crippen LogP contribution is 2.24. The lowest BCUT2D eigenvalue weighted by Gasteiger charge is -2.20. The van der Waals surface area contributed by atoms with E-state index in [9.17, 15) is 13.2 Å². The summed E-state index contributed by atoms with van der Waals surface area (Å²) in [6.07, 6.45) is -4.32. The van der Waals surface area contributed by atoms with Gasteiger partial charge in [0.1, 0.15) is 12.1 Å². The van der Waals surface area contributed by atoms with Crippen molar-refractivity contribution in [3.8, 4) is 0 Å². The lowest BCUT2D eigenvalue weighted by molar-refractivity contribution is -0.120. The summed E-state index contributed by atoms with van der Waals surface area (Å²) in [5.74, 6) is 0. The monoisotopic (exact) mass is 259 g/mol. The van der Waals surface area contributed by atoms with E-state index >= 15 is 0 Å². The minimum absolute atomic E-state index is 0.0341. The molecule has 4 nitrogen and oxygen atoms in total. The lowest BCUT2D eigenvalue weighted by Crippen LogP contribution is -2.37. The number of hydrogen-bond acceptors (Lipinski definition) is 4. The fourth-order valence-electron chi connectivity index (χ4n) is 1.61. The largest absolute Gasteiger partial charge is 0.423 e. The van der Waals surface area contributed by atoms with Gasteiger partial charge in [0.05, 0.1) is 0 Å². The highest BCUT2D eigenvalue weighted by molar-refractivity contribution is 5.74. The van der Waals surface area contributed by atoms with Gasteiger partial charge in [0, 0.05) is 13.1 Å². The molecule has 0 bridgehead atoms. The predicted octanol–water partition coefficient (Wildman–Crippen LogP) is 2.16. The van der Waals surface area contributed by atoms with Crippen molar-refractivity contribution in [3.05, 3.63) is 24.3 Å². The molecular formula is C11H12F3N3O. The SMILES string of the molecule is NCCN(CC(F)(F)F)c1nc2ccccc2o1. The van der Waals surface area contributed by atoms with Crippen LogP contribution in [0.2, 0.25) is 0 Å². The molecule has 2 N–H and O–H groups in total. The van der Waals surface area contributed by atoms with Crippen molar-refractivity contribution >= 4 is 17.1 Å². The van der Waals surface area contributed by atoms with Gasteiger partial charge in [-0.25, -0.2) is 0 Å². The van der Waals surface area contributed by atoms with Crippen molar-refractivity contribution in [3.63, 3.8) is 0 Å². The summed E-state index contributed by atoms with van der Waals surface area (Å²) in [6, 6.07) is 6.75. The highest BCUT2D eigenvalue weighted by atomic mass is 19.4. The van der Waals surface area contributed by atoms with Crippen LogP contribution in [0.25, 0.3) is 11.1 Å². The number of rotatable bonds is 4. The van der Waals surface area contributed by atoms with Crippen molar-refractivity contribution < 1.29 is 17.6 Å². The second-order valence-electron chi connectivity index (χ2n) is 3.79. The Hall–Kier alpha value is -1.76. The summed E-state index contributed by atoms with van der Waals surface area (Å²) >= 11 is 0. The van der Waals surface area contributed by atoms with Crippen LogP contribution in [-0.2, 0) is 0 Å². The number of nitrogens with two attached hydrogens (primary N) is 1. The summed E-state index contributed by atoms with van der Waals surface area (Å²) in [7, 11) is 0. The third-order valence-electron chi connectivity index (χ3n) is 2.32. The molecule has 0 atom stereocenters. The van der Waals surface area contributed by atoms with E-state index in [1.54, 1.807) is 24.3 Å². The van der Waals surface area contributed by atoms with E-state index in [-0.39, 0.29) is 19.1 Å².